The third-order valence-electron chi connectivity index (χ3n) is 9.81. The van der Waals surface area contributed by atoms with Crippen molar-refractivity contribution >= 4 is 19.8 Å². The maximum absolute atomic E-state index is 12.6. The topological polar surface area (TPSA) is 168 Å². The van der Waals surface area contributed by atoms with Crippen LogP contribution in [0, 0.1) is 13.8 Å². The standard InChI is InChI=1S/C45H78NO10P/c1-5-7-8-9-10-11-12-13-14-15-18-21-24-29-40(47)30-27-33-44(48)52-36-41(37-54-57(50,51)53-35-34-46)55-45(49)32-26-23-20-17-16-19-22-25-31-43-39(4)38(3)42(56-43)28-6-2/h13-14,18,21,24,29,40-41,47H,5-12,15-17,19-20,22-23,25-28,30-37,46H2,1-4H3,(H,50,51)/b14-13+,21-18+,29-24+/t40?,41-/m1/s1. The summed E-state index contributed by atoms with van der Waals surface area (Å²) in [6.45, 7) is 7.70. The summed E-state index contributed by atoms with van der Waals surface area (Å²) in [5, 5.41) is 10.3. The molecular weight excluding hydrogens is 745 g/mol. The van der Waals surface area contributed by atoms with Gasteiger partial charge in [0, 0.05) is 32.2 Å². The molecule has 57 heavy (non-hydrogen) atoms. The number of carbonyl (C=O) groups excluding carboxylic acids is 2. The van der Waals surface area contributed by atoms with Gasteiger partial charge in [-0.05, 0) is 76.3 Å². The van der Waals surface area contributed by atoms with E-state index in [0.29, 0.717) is 19.3 Å². The van der Waals surface area contributed by atoms with Gasteiger partial charge in [0.1, 0.15) is 18.1 Å². The zero-order chi connectivity index (χ0) is 42.0. The third kappa shape index (κ3) is 28.5. The van der Waals surface area contributed by atoms with Crippen molar-refractivity contribution in [3.63, 3.8) is 0 Å². The number of esters is 2. The fourth-order valence-electron chi connectivity index (χ4n) is 6.28. The second kappa shape index (κ2) is 34.3. The number of nitrogens with two attached hydrogens (primary N) is 1. The van der Waals surface area contributed by atoms with Crippen molar-refractivity contribution in [3.05, 3.63) is 59.1 Å². The summed E-state index contributed by atoms with van der Waals surface area (Å²) in [5.41, 5.74) is 7.94. The molecule has 1 aromatic rings. The summed E-state index contributed by atoms with van der Waals surface area (Å²) in [4.78, 5) is 35.0. The first-order valence-corrected chi connectivity index (χ1v) is 23.4. The van der Waals surface area contributed by atoms with Gasteiger partial charge in [-0.15, -0.1) is 0 Å². The van der Waals surface area contributed by atoms with E-state index in [1.165, 1.54) is 56.1 Å². The minimum atomic E-state index is -4.43. The molecule has 0 spiro atoms. The molecule has 3 atom stereocenters. The number of aryl methyl sites for hydroxylation is 2. The molecule has 0 saturated heterocycles. The van der Waals surface area contributed by atoms with Crippen LogP contribution >= 0.6 is 7.82 Å². The number of rotatable bonds is 37. The highest BCUT2D eigenvalue weighted by Gasteiger charge is 2.26. The average Bonchev–Trinajstić information content (AvgIpc) is 3.45. The number of allylic oxidation sites excluding steroid dienone is 5. The lowest BCUT2D eigenvalue weighted by Gasteiger charge is -2.20. The van der Waals surface area contributed by atoms with Crippen LogP contribution in [0.4, 0.5) is 0 Å². The van der Waals surface area contributed by atoms with E-state index in [-0.39, 0.29) is 32.6 Å². The summed E-state index contributed by atoms with van der Waals surface area (Å²) in [6.07, 6.45) is 32.0. The second-order valence-electron chi connectivity index (χ2n) is 15.0. The number of ether oxygens (including phenoxy) is 2. The molecule has 11 nitrogen and oxygen atoms in total. The zero-order valence-electron chi connectivity index (χ0n) is 35.9. The maximum Gasteiger partial charge on any atom is 0.472 e. The molecule has 0 fully saturated rings. The van der Waals surface area contributed by atoms with E-state index in [1.807, 2.05) is 12.2 Å². The van der Waals surface area contributed by atoms with Gasteiger partial charge in [0.2, 0.25) is 0 Å². The summed E-state index contributed by atoms with van der Waals surface area (Å²) in [6, 6.07) is 0. The van der Waals surface area contributed by atoms with Crippen LogP contribution in [0.1, 0.15) is 171 Å². The van der Waals surface area contributed by atoms with E-state index < -0.39 is 38.6 Å². The summed E-state index contributed by atoms with van der Waals surface area (Å²) >= 11 is 0. The first-order valence-electron chi connectivity index (χ1n) is 21.9. The van der Waals surface area contributed by atoms with Gasteiger partial charge in [-0.1, -0.05) is 121 Å². The number of hydrogen-bond donors (Lipinski definition) is 3. The molecule has 2 unspecified atom stereocenters. The minimum absolute atomic E-state index is 0.0211. The van der Waals surface area contributed by atoms with E-state index in [9.17, 15) is 24.2 Å². The van der Waals surface area contributed by atoms with Crippen LogP contribution in [0.3, 0.4) is 0 Å². The lowest BCUT2D eigenvalue weighted by atomic mass is 10.0. The fourth-order valence-corrected chi connectivity index (χ4v) is 7.04. The quantitative estimate of drug-likeness (QED) is 0.0192. The monoisotopic (exact) mass is 824 g/mol. The molecule has 4 N–H and O–H groups in total. The summed E-state index contributed by atoms with van der Waals surface area (Å²) < 4.78 is 38.8. The molecule has 0 aliphatic rings. The molecule has 0 bridgehead atoms. The lowest BCUT2D eigenvalue weighted by molar-refractivity contribution is -0.161. The molecule has 0 amide bonds. The SMILES string of the molecule is CCCCCCCC/C=C/C/C=C/C=C/C(O)CCCC(=O)OC[C@H](COP(=O)(O)OCCN)OC(=O)CCCCCCCCCCc1oc(CCC)c(C)c1C. The Kier molecular flexibility index (Phi) is 31.6. The average molecular weight is 824 g/mol. The van der Waals surface area contributed by atoms with Crippen molar-refractivity contribution in [2.75, 3.05) is 26.4 Å². The normalized spacial score (nSPS) is 14.2. The van der Waals surface area contributed by atoms with Crippen molar-refractivity contribution in [1.29, 1.82) is 0 Å². The van der Waals surface area contributed by atoms with Crippen molar-refractivity contribution in [1.82, 2.24) is 0 Å². The summed E-state index contributed by atoms with van der Waals surface area (Å²) in [5.74, 6) is 1.22. The lowest BCUT2D eigenvalue weighted by Crippen LogP contribution is -2.29. The van der Waals surface area contributed by atoms with Crippen LogP contribution in [-0.2, 0) is 45.5 Å². The summed E-state index contributed by atoms with van der Waals surface area (Å²) in [7, 11) is -4.43. The van der Waals surface area contributed by atoms with E-state index in [0.717, 1.165) is 82.1 Å². The number of hydrogen-bond acceptors (Lipinski definition) is 10. The Morgan fingerprint density at radius 1 is 0.737 bits per heavy atom. The highest BCUT2D eigenvalue weighted by molar-refractivity contribution is 7.47. The fraction of sp³-hybridized carbons (Fsp3) is 0.733. The van der Waals surface area contributed by atoms with Crippen molar-refractivity contribution in [2.45, 2.75) is 188 Å². The molecule has 0 aromatic carbocycles. The first-order chi connectivity index (χ1) is 27.5. The molecule has 0 aliphatic carbocycles. The highest BCUT2D eigenvalue weighted by Crippen LogP contribution is 2.43. The second-order valence-corrected chi connectivity index (χ2v) is 16.4. The Bertz CT molecular complexity index is 1320. The van der Waals surface area contributed by atoms with E-state index in [2.05, 4.69) is 39.8 Å². The van der Waals surface area contributed by atoms with Gasteiger partial charge in [0.15, 0.2) is 6.10 Å². The van der Waals surface area contributed by atoms with Crippen LogP contribution in [0.2, 0.25) is 0 Å². The van der Waals surface area contributed by atoms with Crippen LogP contribution in [-0.4, -0.2) is 60.5 Å². The molecule has 0 radical (unpaired) electrons. The van der Waals surface area contributed by atoms with Gasteiger partial charge < -0.3 is 29.6 Å². The smallest absolute Gasteiger partial charge is 0.466 e. The van der Waals surface area contributed by atoms with Gasteiger partial charge in [-0.3, -0.25) is 18.6 Å². The van der Waals surface area contributed by atoms with Crippen LogP contribution in [0.15, 0.2) is 40.9 Å². The molecule has 1 aromatic heterocycles. The van der Waals surface area contributed by atoms with Crippen LogP contribution < -0.4 is 5.73 Å². The number of furan rings is 1. The van der Waals surface area contributed by atoms with Crippen LogP contribution in [0.5, 0.6) is 0 Å². The third-order valence-corrected chi connectivity index (χ3v) is 10.8. The molecule has 328 valence electrons. The van der Waals surface area contributed by atoms with Gasteiger partial charge in [0.05, 0.1) is 19.3 Å². The molecule has 1 rings (SSSR count). The molecule has 12 heteroatoms. The Balaban J connectivity index is 2.32. The van der Waals surface area contributed by atoms with E-state index >= 15 is 0 Å². The predicted molar refractivity (Wildman–Crippen MR) is 229 cm³/mol. The maximum atomic E-state index is 12.6. The Morgan fingerprint density at radius 2 is 1.37 bits per heavy atom. The minimum Gasteiger partial charge on any atom is -0.466 e. The van der Waals surface area contributed by atoms with E-state index in [4.69, 9.17) is 28.7 Å². The first kappa shape index (κ1) is 52.5. The molecular formula is C45H78NO10P. The van der Waals surface area contributed by atoms with Crippen molar-refractivity contribution in [2.24, 2.45) is 5.73 Å². The van der Waals surface area contributed by atoms with Gasteiger partial charge in [-0.2, -0.15) is 0 Å². The molecule has 0 aliphatic heterocycles. The molecule has 1 heterocycles. The number of phosphoric acid groups is 1. The van der Waals surface area contributed by atoms with Crippen molar-refractivity contribution in [3.8, 4) is 0 Å². The van der Waals surface area contributed by atoms with Gasteiger partial charge in [0.25, 0.3) is 0 Å². The Labute approximate surface area is 344 Å². The highest BCUT2D eigenvalue weighted by atomic mass is 31.2. The number of carbonyl (C=O) groups is 2. The van der Waals surface area contributed by atoms with Gasteiger partial charge in [-0.25, -0.2) is 4.57 Å². The molecule has 0 saturated carbocycles. The number of aliphatic hydroxyl groups is 1. The van der Waals surface area contributed by atoms with E-state index in [1.54, 1.807) is 12.2 Å². The largest absolute Gasteiger partial charge is 0.472 e. The van der Waals surface area contributed by atoms with Gasteiger partial charge >= 0.3 is 19.8 Å². The predicted octanol–water partition coefficient (Wildman–Crippen LogP) is 10.8. The number of phosphoric ester groups is 1. The number of aliphatic hydroxyl groups excluding tert-OH is 1. The van der Waals surface area contributed by atoms with Crippen LogP contribution in [0.25, 0.3) is 0 Å². The van der Waals surface area contributed by atoms with Crippen molar-refractivity contribution < 1.29 is 47.1 Å². The zero-order valence-corrected chi connectivity index (χ0v) is 36.8. The Hall–Kier alpha value is -2.53. The number of unbranched alkanes of at least 4 members (excludes halogenated alkanes) is 13. The Morgan fingerprint density at radius 3 is 2.05 bits per heavy atom.